The van der Waals surface area contributed by atoms with Crippen molar-refractivity contribution in [3.8, 4) is 0 Å². The second-order valence-electron chi connectivity index (χ2n) is 4.83. The fourth-order valence-electron chi connectivity index (χ4n) is 2.01. The molecular formula is C16H16Cl2FN. The number of hydrogen-bond donors (Lipinski definition) is 1. The maximum Gasteiger partial charge on any atom is 0.142 e. The summed E-state index contributed by atoms with van der Waals surface area (Å²) in [6.07, 6.45) is 0.829. The van der Waals surface area contributed by atoms with Crippen LogP contribution in [0.25, 0.3) is 0 Å². The van der Waals surface area contributed by atoms with Gasteiger partial charge in [-0.05, 0) is 42.7 Å². The molecule has 4 heteroatoms. The lowest BCUT2D eigenvalue weighted by Gasteiger charge is -2.15. The standard InChI is InChI=1S/C16H16Cl2FN/c1-11(8-13-4-2-3-5-14(13)17)20-10-12-6-7-15(18)16(19)9-12/h2-7,9,11,20H,8,10H2,1H3. The van der Waals surface area contributed by atoms with Crippen molar-refractivity contribution in [2.45, 2.75) is 25.9 Å². The van der Waals surface area contributed by atoms with E-state index in [9.17, 15) is 4.39 Å². The third kappa shape index (κ3) is 4.20. The molecule has 2 rings (SSSR count). The molecule has 20 heavy (non-hydrogen) atoms. The van der Waals surface area contributed by atoms with Gasteiger partial charge >= 0.3 is 0 Å². The first-order valence-electron chi connectivity index (χ1n) is 6.47. The molecule has 0 spiro atoms. The van der Waals surface area contributed by atoms with Crippen molar-refractivity contribution < 1.29 is 4.39 Å². The molecule has 0 saturated carbocycles. The number of nitrogens with one attached hydrogen (secondary N) is 1. The topological polar surface area (TPSA) is 12.0 Å². The van der Waals surface area contributed by atoms with Crippen LogP contribution in [0.5, 0.6) is 0 Å². The zero-order chi connectivity index (χ0) is 14.5. The summed E-state index contributed by atoms with van der Waals surface area (Å²) in [5, 5.41) is 4.28. The van der Waals surface area contributed by atoms with E-state index >= 15 is 0 Å². The van der Waals surface area contributed by atoms with Crippen molar-refractivity contribution in [2.75, 3.05) is 0 Å². The van der Waals surface area contributed by atoms with Gasteiger partial charge in [0.2, 0.25) is 0 Å². The minimum absolute atomic E-state index is 0.151. The highest BCUT2D eigenvalue weighted by Crippen LogP contribution is 2.18. The van der Waals surface area contributed by atoms with E-state index in [2.05, 4.69) is 12.2 Å². The Balaban J connectivity index is 1.90. The summed E-state index contributed by atoms with van der Waals surface area (Å²) in [5.41, 5.74) is 1.98. The predicted octanol–water partition coefficient (Wildman–Crippen LogP) is 4.85. The predicted molar refractivity (Wildman–Crippen MR) is 82.9 cm³/mol. The summed E-state index contributed by atoms with van der Waals surface area (Å²) < 4.78 is 13.3. The van der Waals surface area contributed by atoms with Crippen LogP contribution in [-0.4, -0.2) is 6.04 Å². The Hall–Kier alpha value is -1.09. The summed E-state index contributed by atoms with van der Waals surface area (Å²) in [4.78, 5) is 0. The van der Waals surface area contributed by atoms with Crippen LogP contribution in [0, 0.1) is 5.82 Å². The highest BCUT2D eigenvalue weighted by molar-refractivity contribution is 6.31. The molecule has 2 aromatic rings. The number of halogens is 3. The summed E-state index contributed by atoms with van der Waals surface area (Å²) >= 11 is 11.8. The smallest absolute Gasteiger partial charge is 0.142 e. The first-order chi connectivity index (χ1) is 9.56. The van der Waals surface area contributed by atoms with Crippen LogP contribution in [0.2, 0.25) is 10.0 Å². The Morgan fingerprint density at radius 1 is 1.10 bits per heavy atom. The van der Waals surface area contributed by atoms with E-state index in [1.165, 1.54) is 6.07 Å². The molecule has 1 unspecified atom stereocenters. The largest absolute Gasteiger partial charge is 0.310 e. The zero-order valence-corrected chi connectivity index (χ0v) is 12.7. The van der Waals surface area contributed by atoms with Crippen molar-refractivity contribution in [1.29, 1.82) is 0 Å². The lowest BCUT2D eigenvalue weighted by atomic mass is 10.1. The summed E-state index contributed by atoms with van der Waals surface area (Å²) in [6, 6.07) is 12.9. The minimum Gasteiger partial charge on any atom is -0.310 e. The molecule has 0 aliphatic rings. The number of hydrogen-bond acceptors (Lipinski definition) is 1. The van der Waals surface area contributed by atoms with Crippen LogP contribution < -0.4 is 5.32 Å². The van der Waals surface area contributed by atoms with Crippen molar-refractivity contribution in [2.24, 2.45) is 0 Å². The SMILES string of the molecule is CC(Cc1ccccc1Cl)NCc1ccc(Cl)c(F)c1. The highest BCUT2D eigenvalue weighted by atomic mass is 35.5. The van der Waals surface area contributed by atoms with Gasteiger partial charge in [0, 0.05) is 17.6 Å². The molecule has 1 atom stereocenters. The molecule has 2 aromatic carbocycles. The van der Waals surface area contributed by atoms with E-state index in [1.54, 1.807) is 6.07 Å². The van der Waals surface area contributed by atoms with E-state index in [1.807, 2.05) is 30.3 Å². The summed E-state index contributed by atoms with van der Waals surface area (Å²) in [6.45, 7) is 2.68. The van der Waals surface area contributed by atoms with Gasteiger partial charge < -0.3 is 5.32 Å². The normalized spacial score (nSPS) is 12.4. The molecule has 0 saturated heterocycles. The molecule has 1 nitrogen and oxygen atoms in total. The van der Waals surface area contributed by atoms with Crippen LogP contribution in [0.15, 0.2) is 42.5 Å². The molecule has 0 radical (unpaired) electrons. The monoisotopic (exact) mass is 311 g/mol. The zero-order valence-electron chi connectivity index (χ0n) is 11.2. The van der Waals surface area contributed by atoms with Crippen molar-refractivity contribution in [3.63, 3.8) is 0 Å². The van der Waals surface area contributed by atoms with Crippen LogP contribution in [0.4, 0.5) is 4.39 Å². The Kier molecular flexibility index (Phi) is 5.41. The lowest BCUT2D eigenvalue weighted by molar-refractivity contribution is 0.542. The quantitative estimate of drug-likeness (QED) is 0.832. The maximum absolute atomic E-state index is 13.3. The van der Waals surface area contributed by atoms with Crippen LogP contribution >= 0.6 is 23.2 Å². The lowest BCUT2D eigenvalue weighted by Crippen LogP contribution is -2.27. The molecule has 0 amide bonds. The molecule has 1 N–H and O–H groups in total. The van der Waals surface area contributed by atoms with E-state index in [4.69, 9.17) is 23.2 Å². The van der Waals surface area contributed by atoms with Gasteiger partial charge in [-0.25, -0.2) is 4.39 Å². The molecule has 0 aromatic heterocycles. The van der Waals surface area contributed by atoms with Gasteiger partial charge in [-0.2, -0.15) is 0 Å². The van der Waals surface area contributed by atoms with Gasteiger partial charge in [-0.1, -0.05) is 47.5 Å². The van der Waals surface area contributed by atoms with E-state index in [0.717, 1.165) is 22.6 Å². The van der Waals surface area contributed by atoms with Crippen molar-refractivity contribution in [3.05, 3.63) is 69.5 Å². The second kappa shape index (κ2) is 7.07. The Morgan fingerprint density at radius 2 is 1.85 bits per heavy atom. The van der Waals surface area contributed by atoms with Crippen LogP contribution in [0.1, 0.15) is 18.1 Å². The molecule has 0 aliphatic heterocycles. The third-order valence-electron chi connectivity index (χ3n) is 3.12. The van der Waals surface area contributed by atoms with E-state index in [0.29, 0.717) is 6.54 Å². The summed E-state index contributed by atoms with van der Waals surface area (Å²) in [5.74, 6) is -0.385. The molecular weight excluding hydrogens is 296 g/mol. The van der Waals surface area contributed by atoms with Gasteiger partial charge in [0.15, 0.2) is 0 Å². The Morgan fingerprint density at radius 3 is 2.55 bits per heavy atom. The van der Waals surface area contributed by atoms with Gasteiger partial charge in [0.25, 0.3) is 0 Å². The number of rotatable bonds is 5. The second-order valence-corrected chi connectivity index (χ2v) is 5.64. The number of benzene rings is 2. The van der Waals surface area contributed by atoms with Gasteiger partial charge in [0.05, 0.1) is 5.02 Å². The molecule has 0 heterocycles. The van der Waals surface area contributed by atoms with Gasteiger partial charge in [-0.3, -0.25) is 0 Å². The van der Waals surface area contributed by atoms with Crippen molar-refractivity contribution in [1.82, 2.24) is 5.32 Å². The maximum atomic E-state index is 13.3. The average Bonchev–Trinajstić information content (AvgIpc) is 2.43. The summed E-state index contributed by atoms with van der Waals surface area (Å²) in [7, 11) is 0. The van der Waals surface area contributed by atoms with Crippen molar-refractivity contribution >= 4 is 23.2 Å². The third-order valence-corrected chi connectivity index (χ3v) is 3.80. The molecule has 0 bridgehead atoms. The fourth-order valence-corrected chi connectivity index (χ4v) is 2.34. The highest BCUT2D eigenvalue weighted by Gasteiger charge is 2.07. The Labute approximate surface area is 128 Å². The first kappa shape index (κ1) is 15.3. The Bertz CT molecular complexity index is 586. The fraction of sp³-hybridized carbons (Fsp3) is 0.250. The van der Waals surface area contributed by atoms with E-state index in [-0.39, 0.29) is 16.9 Å². The van der Waals surface area contributed by atoms with Crippen LogP contribution in [0.3, 0.4) is 0 Å². The van der Waals surface area contributed by atoms with Gasteiger partial charge in [-0.15, -0.1) is 0 Å². The average molecular weight is 312 g/mol. The minimum atomic E-state index is -0.385. The van der Waals surface area contributed by atoms with Crippen LogP contribution in [-0.2, 0) is 13.0 Å². The molecule has 0 fully saturated rings. The van der Waals surface area contributed by atoms with Gasteiger partial charge in [0.1, 0.15) is 5.82 Å². The first-order valence-corrected chi connectivity index (χ1v) is 7.22. The molecule has 0 aliphatic carbocycles. The van der Waals surface area contributed by atoms with E-state index < -0.39 is 0 Å². The molecule has 106 valence electrons.